The maximum atomic E-state index is 13.8. The molecule has 0 aliphatic carbocycles. The number of amides is 1. The molecule has 1 aromatic rings. The van der Waals surface area contributed by atoms with Crippen LogP contribution >= 0.6 is 11.6 Å². The number of hydrogen-bond acceptors (Lipinski definition) is 4. The molecule has 6 nitrogen and oxygen atoms in total. The normalized spacial score (nSPS) is 12.3. The van der Waals surface area contributed by atoms with Crippen molar-refractivity contribution in [2.45, 2.75) is 17.7 Å². The van der Waals surface area contributed by atoms with E-state index in [1.165, 1.54) is 0 Å². The lowest BCUT2D eigenvalue weighted by molar-refractivity contribution is -0.114. The molecule has 0 heterocycles. The van der Waals surface area contributed by atoms with Crippen molar-refractivity contribution in [1.82, 2.24) is 4.72 Å². The van der Waals surface area contributed by atoms with E-state index in [4.69, 9.17) is 17.3 Å². The first kappa shape index (κ1) is 18.7. The van der Waals surface area contributed by atoms with Crippen LogP contribution in [0.4, 0.5) is 18.9 Å². The van der Waals surface area contributed by atoms with Gasteiger partial charge in [-0.15, -0.1) is 0 Å². The van der Waals surface area contributed by atoms with Gasteiger partial charge in [-0.05, 0) is 6.07 Å². The van der Waals surface area contributed by atoms with E-state index in [0.29, 0.717) is 12.1 Å². The summed E-state index contributed by atoms with van der Waals surface area (Å²) in [5.74, 6) is -5.27. The second-order valence-electron chi connectivity index (χ2n) is 4.33. The highest BCUT2D eigenvalue weighted by Gasteiger charge is 2.30. The Balaban J connectivity index is 3.10. The Kier molecular flexibility index (Phi) is 5.79. The number of carbonyl (C=O) groups is 1. The number of carbonyl (C=O) groups excluding carboxylic acids is 1. The first-order valence-electron chi connectivity index (χ1n) is 5.83. The molecule has 1 amide bonds. The molecule has 124 valence electrons. The number of halogens is 4. The largest absolute Gasteiger partial charge is 0.325 e. The molecule has 0 bridgehead atoms. The van der Waals surface area contributed by atoms with Crippen molar-refractivity contribution in [3.05, 3.63) is 23.0 Å². The number of rotatable bonds is 6. The van der Waals surface area contributed by atoms with Crippen molar-refractivity contribution in [1.29, 1.82) is 0 Å². The maximum Gasteiger partial charge on any atom is 0.273 e. The summed E-state index contributed by atoms with van der Waals surface area (Å²) in [6.07, 6.45) is 0. The van der Waals surface area contributed by atoms with Crippen LogP contribution in [0.1, 0.15) is 6.92 Å². The molecule has 11 heteroatoms. The quantitative estimate of drug-likeness (QED) is 0.712. The molecular formula is C11H13ClF3N3O3S. The van der Waals surface area contributed by atoms with Crippen LogP contribution in [-0.4, -0.2) is 33.3 Å². The molecule has 0 radical (unpaired) electrons. The van der Waals surface area contributed by atoms with Gasteiger partial charge in [0, 0.05) is 13.0 Å². The molecule has 0 unspecified atom stereocenters. The lowest BCUT2D eigenvalue weighted by atomic mass is 10.3. The number of sulfonamides is 1. The number of alkyl halides is 2. The molecule has 0 atom stereocenters. The van der Waals surface area contributed by atoms with Crippen LogP contribution in [0.15, 0.2) is 17.0 Å². The number of benzene rings is 1. The van der Waals surface area contributed by atoms with E-state index >= 15 is 0 Å². The summed E-state index contributed by atoms with van der Waals surface area (Å²) in [6, 6.07) is 1.39. The fourth-order valence-electron chi connectivity index (χ4n) is 1.37. The van der Waals surface area contributed by atoms with Gasteiger partial charge in [0.05, 0.1) is 23.8 Å². The topological polar surface area (TPSA) is 101 Å². The van der Waals surface area contributed by atoms with Gasteiger partial charge in [0.25, 0.3) is 5.92 Å². The lowest BCUT2D eigenvalue weighted by Crippen LogP contribution is -2.41. The van der Waals surface area contributed by atoms with Gasteiger partial charge in [-0.25, -0.2) is 26.3 Å². The van der Waals surface area contributed by atoms with E-state index in [-0.39, 0.29) is 10.7 Å². The molecular weight excluding hydrogens is 347 g/mol. The van der Waals surface area contributed by atoms with Gasteiger partial charge in [0.15, 0.2) is 0 Å². The summed E-state index contributed by atoms with van der Waals surface area (Å²) >= 11 is 5.73. The van der Waals surface area contributed by atoms with Gasteiger partial charge in [-0.2, -0.15) is 0 Å². The predicted molar refractivity (Wildman–Crippen MR) is 74.9 cm³/mol. The van der Waals surface area contributed by atoms with Crippen LogP contribution in [0.2, 0.25) is 5.02 Å². The summed E-state index contributed by atoms with van der Waals surface area (Å²) in [6.45, 7) is -1.20. The van der Waals surface area contributed by atoms with Gasteiger partial charge < -0.3 is 11.1 Å². The zero-order chi connectivity index (χ0) is 17.1. The third kappa shape index (κ3) is 4.83. The Morgan fingerprint density at radius 2 is 2.00 bits per heavy atom. The first-order valence-corrected chi connectivity index (χ1v) is 7.69. The van der Waals surface area contributed by atoms with Gasteiger partial charge >= 0.3 is 0 Å². The second-order valence-corrected chi connectivity index (χ2v) is 6.47. The second kappa shape index (κ2) is 6.82. The third-order valence-corrected chi connectivity index (χ3v) is 4.17. The fraction of sp³-hybridized carbons (Fsp3) is 0.364. The number of hydrogen-bond donors (Lipinski definition) is 3. The van der Waals surface area contributed by atoms with Crippen LogP contribution in [0, 0.1) is 5.82 Å². The molecule has 1 rings (SSSR count). The van der Waals surface area contributed by atoms with Crippen LogP contribution in [0.5, 0.6) is 0 Å². The Bertz CT molecular complexity index is 683. The summed E-state index contributed by atoms with van der Waals surface area (Å²) in [4.78, 5) is 9.97. The Morgan fingerprint density at radius 1 is 1.41 bits per heavy atom. The van der Waals surface area contributed by atoms with E-state index in [0.717, 1.165) is 6.92 Å². The SMILES string of the molecule is CC(=O)Nc1cc(F)c(S(=O)(=O)NCC(F)(F)CN)cc1Cl. The lowest BCUT2D eigenvalue weighted by Gasteiger charge is -2.15. The van der Waals surface area contributed by atoms with Crippen LogP contribution in [-0.2, 0) is 14.8 Å². The van der Waals surface area contributed by atoms with Crippen molar-refractivity contribution < 1.29 is 26.4 Å². The van der Waals surface area contributed by atoms with Crippen LogP contribution in [0.3, 0.4) is 0 Å². The van der Waals surface area contributed by atoms with E-state index in [2.05, 4.69) is 5.32 Å². The Morgan fingerprint density at radius 3 is 2.50 bits per heavy atom. The minimum atomic E-state index is -4.56. The van der Waals surface area contributed by atoms with E-state index < -0.39 is 45.7 Å². The maximum absolute atomic E-state index is 13.8. The average molecular weight is 360 g/mol. The highest BCUT2D eigenvalue weighted by molar-refractivity contribution is 7.89. The van der Waals surface area contributed by atoms with Crippen molar-refractivity contribution in [2.75, 3.05) is 18.4 Å². The molecule has 0 fully saturated rings. The monoisotopic (exact) mass is 359 g/mol. The van der Waals surface area contributed by atoms with Crippen molar-refractivity contribution in [2.24, 2.45) is 5.73 Å². The molecule has 0 saturated carbocycles. The first-order chi connectivity index (χ1) is 9.98. The van der Waals surface area contributed by atoms with E-state index in [9.17, 15) is 26.4 Å². The minimum absolute atomic E-state index is 0.141. The smallest absolute Gasteiger partial charge is 0.273 e. The average Bonchev–Trinajstić information content (AvgIpc) is 2.40. The van der Waals surface area contributed by atoms with Crippen LogP contribution < -0.4 is 15.8 Å². The molecule has 0 aliphatic rings. The van der Waals surface area contributed by atoms with Gasteiger partial charge in [0.2, 0.25) is 15.9 Å². The summed E-state index contributed by atoms with van der Waals surface area (Å²) in [5, 5.41) is 1.93. The number of nitrogens with two attached hydrogens (primary N) is 1. The molecule has 0 aliphatic heterocycles. The molecule has 4 N–H and O–H groups in total. The highest BCUT2D eigenvalue weighted by Crippen LogP contribution is 2.28. The zero-order valence-electron chi connectivity index (χ0n) is 11.3. The Hall–Kier alpha value is -1.36. The van der Waals surface area contributed by atoms with Crippen LogP contribution in [0.25, 0.3) is 0 Å². The van der Waals surface area contributed by atoms with Crippen molar-refractivity contribution in [3.8, 4) is 0 Å². The number of nitrogens with one attached hydrogen (secondary N) is 2. The molecule has 0 saturated heterocycles. The minimum Gasteiger partial charge on any atom is -0.325 e. The molecule has 0 aromatic heterocycles. The van der Waals surface area contributed by atoms with Crippen molar-refractivity contribution >= 4 is 33.2 Å². The zero-order valence-corrected chi connectivity index (χ0v) is 12.9. The van der Waals surface area contributed by atoms with Crippen molar-refractivity contribution in [3.63, 3.8) is 0 Å². The molecule has 22 heavy (non-hydrogen) atoms. The predicted octanol–water partition coefficient (Wildman–Crippen LogP) is 1.31. The molecule has 1 aromatic carbocycles. The summed E-state index contributed by atoms with van der Waals surface area (Å²) < 4.78 is 65.0. The van der Waals surface area contributed by atoms with Gasteiger partial charge in [-0.1, -0.05) is 11.6 Å². The Labute approximate surface area is 129 Å². The van der Waals surface area contributed by atoms with E-state index in [1.54, 1.807) is 4.72 Å². The number of anilines is 1. The van der Waals surface area contributed by atoms with Gasteiger partial charge in [-0.3, -0.25) is 4.79 Å². The third-order valence-electron chi connectivity index (χ3n) is 2.44. The fourth-order valence-corrected chi connectivity index (χ4v) is 2.79. The highest BCUT2D eigenvalue weighted by atomic mass is 35.5. The molecule has 0 spiro atoms. The standard InChI is InChI=1S/C11H13ClF3N3O3S/c1-6(19)18-9-3-8(13)10(2-7(9)12)22(20,21)17-5-11(14,15)4-16/h2-3,17H,4-5,16H2,1H3,(H,18,19). The summed E-state index contributed by atoms with van der Waals surface area (Å²) in [7, 11) is -4.56. The van der Waals surface area contributed by atoms with Gasteiger partial charge in [0.1, 0.15) is 10.7 Å². The summed E-state index contributed by atoms with van der Waals surface area (Å²) in [5.41, 5.74) is 4.63. The van der Waals surface area contributed by atoms with E-state index in [1.807, 2.05) is 0 Å².